The Morgan fingerprint density at radius 2 is 1.40 bits per heavy atom. The summed E-state index contributed by atoms with van der Waals surface area (Å²) in [5.41, 5.74) is 7.99. The van der Waals surface area contributed by atoms with Crippen LogP contribution in [-0.2, 0) is 6.42 Å². The molecule has 1 aliphatic rings. The highest BCUT2D eigenvalue weighted by molar-refractivity contribution is 7.25. The molecule has 0 saturated carbocycles. The highest BCUT2D eigenvalue weighted by Crippen LogP contribution is 2.49. The smallest absolute Gasteiger partial charge is 0.0631 e. The third kappa shape index (κ3) is 3.32. The third-order valence-corrected chi connectivity index (χ3v) is 11.6. The van der Waals surface area contributed by atoms with Crippen LogP contribution >= 0.6 is 22.7 Å². The van der Waals surface area contributed by atoms with Crippen LogP contribution in [0.2, 0.25) is 0 Å². The summed E-state index contributed by atoms with van der Waals surface area (Å²) in [6.07, 6.45) is 6.87. The van der Waals surface area contributed by atoms with E-state index in [1.807, 2.05) is 22.7 Å². The molecule has 43 heavy (non-hydrogen) atoms. The standard InChI is InChI=1S/C40H25NS2/c1-2-12-26-24(10-1)11-9-17-33(26)41-34-16-6-3-13-27(34)32-23-30(40-38(39(32)41)29-15-5-8-19-36(29)43-40)25-20-21-37-31(22-25)28-14-4-7-18-35(28)42-37/h1-4,6-14,16-23H,5,15H2. The second kappa shape index (κ2) is 8.90. The van der Waals surface area contributed by atoms with Crippen molar-refractivity contribution in [3.63, 3.8) is 0 Å². The average Bonchev–Trinajstić information content (AvgIpc) is 3.73. The maximum absolute atomic E-state index is 2.56. The molecule has 3 heteroatoms. The van der Waals surface area contributed by atoms with Gasteiger partial charge in [0.05, 0.1) is 16.7 Å². The zero-order valence-electron chi connectivity index (χ0n) is 23.3. The van der Waals surface area contributed by atoms with E-state index in [1.54, 1.807) is 0 Å². The summed E-state index contributed by atoms with van der Waals surface area (Å²) in [5, 5.41) is 9.32. The summed E-state index contributed by atoms with van der Waals surface area (Å²) in [6.45, 7) is 0. The highest BCUT2D eigenvalue weighted by atomic mass is 32.1. The molecule has 0 radical (unpaired) electrons. The number of hydrogen-bond acceptors (Lipinski definition) is 2. The summed E-state index contributed by atoms with van der Waals surface area (Å²) < 4.78 is 6.65. The molecule has 0 saturated heterocycles. The number of fused-ring (bicyclic) bond motifs is 11. The number of rotatable bonds is 2. The van der Waals surface area contributed by atoms with E-state index in [0.717, 1.165) is 12.8 Å². The van der Waals surface area contributed by atoms with Crippen molar-refractivity contribution in [3.05, 3.63) is 132 Å². The van der Waals surface area contributed by atoms with Gasteiger partial charge in [-0.15, -0.1) is 22.7 Å². The van der Waals surface area contributed by atoms with Crippen LogP contribution < -0.4 is 0 Å². The lowest BCUT2D eigenvalue weighted by molar-refractivity contribution is 1.01. The van der Waals surface area contributed by atoms with Crippen LogP contribution in [0, 0.1) is 0 Å². The van der Waals surface area contributed by atoms with Crippen molar-refractivity contribution < 1.29 is 0 Å². The minimum Gasteiger partial charge on any atom is -0.308 e. The van der Waals surface area contributed by atoms with Crippen LogP contribution in [0.5, 0.6) is 0 Å². The van der Waals surface area contributed by atoms with Gasteiger partial charge in [0.2, 0.25) is 0 Å². The Kier molecular flexibility index (Phi) is 4.93. The Morgan fingerprint density at radius 3 is 2.35 bits per heavy atom. The maximum Gasteiger partial charge on any atom is 0.0631 e. The second-order valence-corrected chi connectivity index (χ2v) is 13.7. The lowest BCUT2D eigenvalue weighted by Gasteiger charge is -2.14. The molecule has 0 unspecified atom stereocenters. The van der Waals surface area contributed by atoms with E-state index in [4.69, 9.17) is 0 Å². The van der Waals surface area contributed by atoms with Gasteiger partial charge in [0, 0.05) is 56.9 Å². The molecular weight excluding hydrogens is 559 g/mol. The fourth-order valence-corrected chi connectivity index (χ4v) is 9.76. The summed E-state index contributed by atoms with van der Waals surface area (Å²) >= 11 is 3.85. The molecule has 3 heterocycles. The molecule has 0 N–H and O–H groups in total. The number of allylic oxidation sites excluding steroid dienone is 1. The molecule has 0 bridgehead atoms. The molecule has 3 aromatic heterocycles. The van der Waals surface area contributed by atoms with Gasteiger partial charge in [0.15, 0.2) is 0 Å². The van der Waals surface area contributed by atoms with E-state index < -0.39 is 0 Å². The lowest BCUT2D eigenvalue weighted by Crippen LogP contribution is -1.97. The van der Waals surface area contributed by atoms with Gasteiger partial charge < -0.3 is 4.57 Å². The molecule has 9 aromatic rings. The number of para-hydroxylation sites is 1. The van der Waals surface area contributed by atoms with E-state index >= 15 is 0 Å². The van der Waals surface area contributed by atoms with Crippen LogP contribution in [-0.4, -0.2) is 4.57 Å². The number of nitrogens with zero attached hydrogens (tertiary/aromatic N) is 1. The zero-order valence-corrected chi connectivity index (χ0v) is 24.9. The Balaban J connectivity index is 1.39. The van der Waals surface area contributed by atoms with Crippen molar-refractivity contribution in [2.24, 2.45) is 0 Å². The third-order valence-electron chi connectivity index (χ3n) is 9.25. The van der Waals surface area contributed by atoms with Crippen LogP contribution in [0.3, 0.4) is 0 Å². The Bertz CT molecular complexity index is 2620. The normalized spacial score (nSPS) is 13.3. The number of aryl methyl sites for hydroxylation is 1. The largest absolute Gasteiger partial charge is 0.308 e. The van der Waals surface area contributed by atoms with Crippen LogP contribution in [0.25, 0.3) is 85.7 Å². The molecule has 10 rings (SSSR count). The zero-order chi connectivity index (χ0) is 28.1. The molecule has 1 nitrogen and oxygen atoms in total. The number of hydrogen-bond donors (Lipinski definition) is 0. The molecule has 0 amide bonds. The Labute approximate surface area is 256 Å². The topological polar surface area (TPSA) is 4.93 Å². The monoisotopic (exact) mass is 583 g/mol. The predicted molar refractivity (Wildman–Crippen MR) is 189 cm³/mol. The molecule has 6 aromatic carbocycles. The van der Waals surface area contributed by atoms with Crippen molar-refractivity contribution >= 4 is 91.6 Å². The molecule has 0 atom stereocenters. The van der Waals surface area contributed by atoms with Crippen molar-refractivity contribution in [2.45, 2.75) is 12.8 Å². The van der Waals surface area contributed by atoms with E-state index in [-0.39, 0.29) is 0 Å². The Hall–Kier alpha value is -4.70. The summed E-state index contributed by atoms with van der Waals surface area (Å²) in [5.74, 6) is 0. The molecule has 0 aliphatic heterocycles. The first-order chi connectivity index (χ1) is 21.3. The minimum atomic E-state index is 1.08. The van der Waals surface area contributed by atoms with Crippen LogP contribution in [0.15, 0.2) is 121 Å². The van der Waals surface area contributed by atoms with Gasteiger partial charge in [-0.3, -0.25) is 0 Å². The van der Waals surface area contributed by atoms with Crippen molar-refractivity contribution in [1.82, 2.24) is 4.57 Å². The summed E-state index contributed by atoms with van der Waals surface area (Å²) in [4.78, 5) is 1.41. The van der Waals surface area contributed by atoms with E-state index in [2.05, 4.69) is 132 Å². The van der Waals surface area contributed by atoms with Crippen LogP contribution in [0.1, 0.15) is 16.9 Å². The summed E-state index contributed by atoms with van der Waals surface area (Å²) in [7, 11) is 0. The van der Waals surface area contributed by atoms with Gasteiger partial charge in [-0.1, -0.05) is 84.9 Å². The Morgan fingerprint density at radius 1 is 0.605 bits per heavy atom. The number of benzene rings is 6. The van der Waals surface area contributed by atoms with E-state index in [0.29, 0.717) is 0 Å². The second-order valence-electron chi connectivity index (χ2n) is 11.6. The molecular formula is C40H25NS2. The van der Waals surface area contributed by atoms with Gasteiger partial charge in [-0.05, 0) is 71.8 Å². The molecule has 0 fully saturated rings. The quantitative estimate of drug-likeness (QED) is 0.191. The average molecular weight is 584 g/mol. The van der Waals surface area contributed by atoms with Crippen molar-refractivity contribution in [2.75, 3.05) is 0 Å². The van der Waals surface area contributed by atoms with Crippen LogP contribution in [0.4, 0.5) is 0 Å². The van der Waals surface area contributed by atoms with Gasteiger partial charge in [-0.2, -0.15) is 0 Å². The highest BCUT2D eigenvalue weighted by Gasteiger charge is 2.24. The SMILES string of the molecule is C1=Cc2sc3c(-c4ccc5sc6ccccc6c5c4)cc4c5ccccc5n(-c5cccc6ccccc56)c4c3c2CC1. The fraction of sp³-hybridized carbons (Fsp3) is 0.0500. The van der Waals surface area contributed by atoms with Crippen molar-refractivity contribution in [3.8, 4) is 16.8 Å². The molecule has 0 spiro atoms. The number of aromatic nitrogens is 1. The number of thiophene rings is 2. The van der Waals surface area contributed by atoms with E-state index in [9.17, 15) is 0 Å². The summed E-state index contributed by atoms with van der Waals surface area (Å²) in [6, 6.07) is 42.9. The van der Waals surface area contributed by atoms with Gasteiger partial charge in [-0.25, -0.2) is 0 Å². The predicted octanol–water partition coefficient (Wildman–Crippen LogP) is 12.1. The maximum atomic E-state index is 2.56. The van der Waals surface area contributed by atoms with E-state index in [1.165, 1.54) is 90.1 Å². The van der Waals surface area contributed by atoms with Gasteiger partial charge in [0.1, 0.15) is 0 Å². The van der Waals surface area contributed by atoms with Gasteiger partial charge in [0.25, 0.3) is 0 Å². The lowest BCUT2D eigenvalue weighted by atomic mass is 9.94. The molecule has 1 aliphatic carbocycles. The fourth-order valence-electron chi connectivity index (χ4n) is 7.35. The molecule has 202 valence electrons. The van der Waals surface area contributed by atoms with Gasteiger partial charge >= 0.3 is 0 Å². The first kappa shape index (κ1) is 23.8. The first-order valence-electron chi connectivity index (χ1n) is 14.9. The van der Waals surface area contributed by atoms with Crippen molar-refractivity contribution in [1.29, 1.82) is 0 Å². The minimum absolute atomic E-state index is 1.08. The first-order valence-corrected chi connectivity index (χ1v) is 16.5.